The van der Waals surface area contributed by atoms with E-state index in [4.69, 9.17) is 15.0 Å². The highest BCUT2D eigenvalue weighted by Gasteiger charge is 2.23. The van der Waals surface area contributed by atoms with Crippen LogP contribution in [0.2, 0.25) is 0 Å². The molecule has 1 fully saturated rings. The van der Waals surface area contributed by atoms with Crippen LogP contribution in [0, 0.1) is 0 Å². The van der Waals surface area contributed by atoms with E-state index in [-0.39, 0.29) is 6.10 Å². The molecule has 1 aromatic heterocycles. The van der Waals surface area contributed by atoms with Crippen LogP contribution >= 0.6 is 0 Å². The SMILES string of the molecule is NCc1cc(COC2CCN(Cc3ccccc3)C2)on1. The molecular formula is C16H21N3O2. The van der Waals surface area contributed by atoms with E-state index >= 15 is 0 Å². The Morgan fingerprint density at radius 3 is 2.95 bits per heavy atom. The van der Waals surface area contributed by atoms with Gasteiger partial charge in [-0.3, -0.25) is 4.90 Å². The molecule has 0 saturated carbocycles. The van der Waals surface area contributed by atoms with Crippen molar-refractivity contribution in [3.05, 3.63) is 53.4 Å². The predicted octanol–water partition coefficient (Wildman–Crippen LogP) is 1.92. The summed E-state index contributed by atoms with van der Waals surface area (Å²) in [6.07, 6.45) is 1.32. The minimum absolute atomic E-state index is 0.264. The summed E-state index contributed by atoms with van der Waals surface area (Å²) in [5.41, 5.74) is 7.62. The first-order chi connectivity index (χ1) is 10.3. The average molecular weight is 287 g/mol. The van der Waals surface area contributed by atoms with Gasteiger partial charge in [0.15, 0.2) is 5.76 Å². The topological polar surface area (TPSA) is 64.5 Å². The van der Waals surface area contributed by atoms with Gasteiger partial charge in [0, 0.05) is 32.2 Å². The van der Waals surface area contributed by atoms with Crippen LogP contribution in [0.4, 0.5) is 0 Å². The van der Waals surface area contributed by atoms with E-state index in [1.165, 1.54) is 5.56 Å². The zero-order valence-electron chi connectivity index (χ0n) is 12.1. The van der Waals surface area contributed by atoms with Gasteiger partial charge in [-0.1, -0.05) is 35.5 Å². The van der Waals surface area contributed by atoms with E-state index in [0.29, 0.717) is 13.2 Å². The van der Waals surface area contributed by atoms with Crippen LogP contribution in [0.5, 0.6) is 0 Å². The molecule has 112 valence electrons. The third kappa shape index (κ3) is 3.91. The van der Waals surface area contributed by atoms with E-state index in [1.807, 2.05) is 12.1 Å². The summed E-state index contributed by atoms with van der Waals surface area (Å²) >= 11 is 0. The molecule has 3 rings (SSSR count). The number of benzene rings is 1. The van der Waals surface area contributed by atoms with Gasteiger partial charge in [-0.15, -0.1) is 0 Å². The molecule has 0 spiro atoms. The second-order valence-electron chi connectivity index (χ2n) is 5.43. The van der Waals surface area contributed by atoms with Gasteiger partial charge < -0.3 is 15.0 Å². The maximum absolute atomic E-state index is 5.90. The van der Waals surface area contributed by atoms with Gasteiger partial charge in [0.05, 0.1) is 11.8 Å². The smallest absolute Gasteiger partial charge is 0.162 e. The standard InChI is InChI=1S/C16H21N3O2/c17-9-14-8-16(21-18-14)12-20-15-6-7-19(11-15)10-13-4-2-1-3-5-13/h1-5,8,15H,6-7,9-12,17H2. The van der Waals surface area contributed by atoms with Gasteiger partial charge in [0.2, 0.25) is 0 Å². The van der Waals surface area contributed by atoms with Crippen LogP contribution < -0.4 is 5.73 Å². The van der Waals surface area contributed by atoms with Gasteiger partial charge in [0.1, 0.15) is 6.61 Å². The van der Waals surface area contributed by atoms with E-state index in [0.717, 1.165) is 37.5 Å². The highest BCUT2D eigenvalue weighted by atomic mass is 16.5. The zero-order chi connectivity index (χ0) is 14.5. The molecular weight excluding hydrogens is 266 g/mol. The Morgan fingerprint density at radius 2 is 2.19 bits per heavy atom. The number of ether oxygens (including phenoxy) is 1. The third-order valence-corrected chi connectivity index (χ3v) is 3.76. The highest BCUT2D eigenvalue weighted by Crippen LogP contribution is 2.17. The predicted molar refractivity (Wildman–Crippen MR) is 79.3 cm³/mol. The Balaban J connectivity index is 1.44. The van der Waals surface area contributed by atoms with Crippen molar-refractivity contribution in [2.75, 3.05) is 13.1 Å². The Hall–Kier alpha value is -1.69. The van der Waals surface area contributed by atoms with E-state index < -0.39 is 0 Å². The maximum Gasteiger partial charge on any atom is 0.162 e. The number of hydrogen-bond donors (Lipinski definition) is 1. The molecule has 5 nitrogen and oxygen atoms in total. The van der Waals surface area contributed by atoms with Crippen molar-refractivity contribution in [2.24, 2.45) is 5.73 Å². The molecule has 0 aliphatic carbocycles. The van der Waals surface area contributed by atoms with Crippen LogP contribution in [-0.4, -0.2) is 29.3 Å². The monoisotopic (exact) mass is 287 g/mol. The molecule has 1 aliphatic heterocycles. The summed E-state index contributed by atoms with van der Waals surface area (Å²) in [4.78, 5) is 2.42. The summed E-state index contributed by atoms with van der Waals surface area (Å²) in [5, 5.41) is 3.86. The quantitative estimate of drug-likeness (QED) is 0.879. The van der Waals surface area contributed by atoms with Crippen molar-refractivity contribution < 1.29 is 9.26 Å². The van der Waals surface area contributed by atoms with Crippen molar-refractivity contribution in [1.29, 1.82) is 0 Å². The molecule has 0 radical (unpaired) electrons. The summed E-state index contributed by atoms with van der Waals surface area (Å²) in [7, 11) is 0. The Kier molecular flexibility index (Phi) is 4.65. The fraction of sp³-hybridized carbons (Fsp3) is 0.438. The van der Waals surface area contributed by atoms with E-state index in [9.17, 15) is 0 Å². The maximum atomic E-state index is 5.90. The number of nitrogens with two attached hydrogens (primary N) is 1. The van der Waals surface area contributed by atoms with Gasteiger partial charge >= 0.3 is 0 Å². The summed E-state index contributed by atoms with van der Waals surface area (Å²) < 4.78 is 11.1. The number of nitrogens with zero attached hydrogens (tertiary/aromatic N) is 2. The van der Waals surface area contributed by atoms with Gasteiger partial charge in [-0.05, 0) is 12.0 Å². The molecule has 2 heterocycles. The Labute approximate surface area is 124 Å². The fourth-order valence-electron chi connectivity index (χ4n) is 2.64. The van der Waals surface area contributed by atoms with Crippen LogP contribution in [0.3, 0.4) is 0 Å². The average Bonchev–Trinajstić information content (AvgIpc) is 3.15. The van der Waals surface area contributed by atoms with Crippen LogP contribution in [0.25, 0.3) is 0 Å². The Morgan fingerprint density at radius 1 is 1.33 bits per heavy atom. The summed E-state index contributed by atoms with van der Waals surface area (Å²) in [6, 6.07) is 12.4. The highest BCUT2D eigenvalue weighted by molar-refractivity contribution is 5.14. The van der Waals surface area contributed by atoms with Crippen molar-refractivity contribution in [3.63, 3.8) is 0 Å². The number of aromatic nitrogens is 1. The molecule has 0 amide bonds. The molecule has 5 heteroatoms. The number of likely N-dealkylation sites (tertiary alicyclic amines) is 1. The number of rotatable bonds is 6. The van der Waals surface area contributed by atoms with Gasteiger partial charge in [-0.25, -0.2) is 0 Å². The van der Waals surface area contributed by atoms with E-state index in [2.05, 4.69) is 34.3 Å². The minimum Gasteiger partial charge on any atom is -0.369 e. The molecule has 1 unspecified atom stereocenters. The molecule has 1 aliphatic rings. The van der Waals surface area contributed by atoms with Crippen molar-refractivity contribution in [1.82, 2.24) is 10.1 Å². The molecule has 1 atom stereocenters. The third-order valence-electron chi connectivity index (χ3n) is 3.76. The lowest BCUT2D eigenvalue weighted by Gasteiger charge is -2.16. The molecule has 1 saturated heterocycles. The molecule has 0 bridgehead atoms. The van der Waals surface area contributed by atoms with Crippen molar-refractivity contribution in [2.45, 2.75) is 32.2 Å². The van der Waals surface area contributed by atoms with E-state index in [1.54, 1.807) is 0 Å². The zero-order valence-corrected chi connectivity index (χ0v) is 12.1. The first-order valence-electron chi connectivity index (χ1n) is 7.36. The Bertz CT molecular complexity index is 556. The normalized spacial score (nSPS) is 19.2. The largest absolute Gasteiger partial charge is 0.369 e. The summed E-state index contributed by atoms with van der Waals surface area (Å²) in [5.74, 6) is 0.747. The van der Waals surface area contributed by atoms with Crippen molar-refractivity contribution >= 4 is 0 Å². The van der Waals surface area contributed by atoms with Crippen LogP contribution in [-0.2, 0) is 24.4 Å². The minimum atomic E-state index is 0.264. The molecule has 2 aromatic rings. The number of hydrogen-bond acceptors (Lipinski definition) is 5. The molecule has 21 heavy (non-hydrogen) atoms. The first-order valence-corrected chi connectivity index (χ1v) is 7.36. The van der Waals surface area contributed by atoms with Crippen molar-refractivity contribution in [3.8, 4) is 0 Å². The fourth-order valence-corrected chi connectivity index (χ4v) is 2.64. The van der Waals surface area contributed by atoms with Crippen LogP contribution in [0.1, 0.15) is 23.4 Å². The molecule has 2 N–H and O–H groups in total. The second kappa shape index (κ2) is 6.85. The molecule has 1 aromatic carbocycles. The lowest BCUT2D eigenvalue weighted by atomic mass is 10.2. The summed E-state index contributed by atoms with van der Waals surface area (Å²) in [6.45, 7) is 3.89. The lowest BCUT2D eigenvalue weighted by Crippen LogP contribution is -2.22. The second-order valence-corrected chi connectivity index (χ2v) is 5.43. The lowest BCUT2D eigenvalue weighted by molar-refractivity contribution is 0.0337. The van der Waals surface area contributed by atoms with Crippen LogP contribution in [0.15, 0.2) is 40.9 Å². The van der Waals surface area contributed by atoms with Gasteiger partial charge in [-0.2, -0.15) is 0 Å². The first kappa shape index (κ1) is 14.3. The van der Waals surface area contributed by atoms with Gasteiger partial charge in [0.25, 0.3) is 0 Å².